The normalized spacial score (nSPS) is 15.2. The van der Waals surface area contributed by atoms with Crippen molar-refractivity contribution in [2.75, 3.05) is 16.3 Å². The Morgan fingerprint density at radius 3 is 2.69 bits per heavy atom. The number of rotatable bonds is 7. The minimum absolute atomic E-state index is 0.222. The van der Waals surface area contributed by atoms with Gasteiger partial charge >= 0.3 is 0 Å². The number of anilines is 2. The summed E-state index contributed by atoms with van der Waals surface area (Å²) in [6.07, 6.45) is 6.78. The maximum absolute atomic E-state index is 12.0. The smallest absolute Gasteiger partial charge is 0.252 e. The number of fused-ring (bicyclic) bond motifs is 1. The Morgan fingerprint density at radius 2 is 2.03 bits per heavy atom. The number of hydrogen-bond acceptors (Lipinski definition) is 5. The number of sulfonamides is 1. The molecule has 1 amide bonds. The van der Waals surface area contributed by atoms with Crippen LogP contribution in [-0.4, -0.2) is 36.2 Å². The van der Waals surface area contributed by atoms with Crippen molar-refractivity contribution in [3.8, 4) is 11.1 Å². The van der Waals surface area contributed by atoms with Gasteiger partial charge in [0.1, 0.15) is 0 Å². The van der Waals surface area contributed by atoms with Crippen LogP contribution in [-0.2, 0) is 10.0 Å². The second-order valence-electron chi connectivity index (χ2n) is 7.58. The van der Waals surface area contributed by atoms with Crippen molar-refractivity contribution in [3.05, 3.63) is 48.3 Å². The van der Waals surface area contributed by atoms with Crippen LogP contribution in [0.2, 0.25) is 0 Å². The van der Waals surface area contributed by atoms with E-state index in [1.54, 1.807) is 22.7 Å². The molecular weight excluding hydrogens is 390 g/mol. The predicted molar refractivity (Wildman–Crippen MR) is 113 cm³/mol. The van der Waals surface area contributed by atoms with E-state index in [9.17, 15) is 13.2 Å². The molecule has 4 rings (SSSR count). The lowest BCUT2D eigenvalue weighted by Gasteiger charge is -2.17. The number of carbonyl (C=O) groups excluding carboxylic acids is 1. The van der Waals surface area contributed by atoms with Crippen molar-refractivity contribution >= 4 is 32.8 Å². The highest BCUT2D eigenvalue weighted by Gasteiger charge is 2.29. The molecular formula is C20H23N5O3S. The van der Waals surface area contributed by atoms with Crippen molar-refractivity contribution in [2.45, 2.75) is 25.8 Å². The molecule has 152 valence electrons. The molecule has 2 heterocycles. The van der Waals surface area contributed by atoms with Crippen LogP contribution in [0.4, 0.5) is 11.4 Å². The topological polar surface area (TPSA) is 119 Å². The first-order valence-corrected chi connectivity index (χ1v) is 11.3. The number of amides is 1. The fourth-order valence-corrected chi connectivity index (χ4v) is 4.03. The molecule has 1 aliphatic carbocycles. The van der Waals surface area contributed by atoms with E-state index in [-0.39, 0.29) is 6.04 Å². The summed E-state index contributed by atoms with van der Waals surface area (Å²) in [6, 6.07) is 9.25. The summed E-state index contributed by atoms with van der Waals surface area (Å²) in [5.74, 6) is 0.0599. The third kappa shape index (κ3) is 4.19. The van der Waals surface area contributed by atoms with Crippen molar-refractivity contribution in [3.63, 3.8) is 0 Å². The van der Waals surface area contributed by atoms with E-state index in [0.717, 1.165) is 22.9 Å². The van der Waals surface area contributed by atoms with Gasteiger partial charge in [-0.2, -0.15) is 5.10 Å². The second-order valence-corrected chi connectivity index (χ2v) is 9.33. The first-order valence-electron chi connectivity index (χ1n) is 9.37. The highest BCUT2D eigenvalue weighted by Crippen LogP contribution is 2.36. The summed E-state index contributed by atoms with van der Waals surface area (Å²) < 4.78 is 27.2. The molecule has 8 nitrogen and oxygen atoms in total. The zero-order valence-electron chi connectivity index (χ0n) is 16.2. The molecule has 1 atom stereocenters. The van der Waals surface area contributed by atoms with Crippen LogP contribution in [0.25, 0.3) is 16.6 Å². The van der Waals surface area contributed by atoms with Gasteiger partial charge in [-0.25, -0.2) is 12.9 Å². The van der Waals surface area contributed by atoms with E-state index in [0.29, 0.717) is 22.9 Å². The van der Waals surface area contributed by atoms with Gasteiger partial charge in [-0.05, 0) is 49.4 Å². The standard InChI is InChI=1S/C20H23N5O3S/c1-12(13-6-7-13)23-19-17(20(21)26)10-22-25-11-15(9-18(19)25)14-4-3-5-16(8-14)24-29(2,27)28/h3-5,8-13,23-24H,6-7H2,1-2H3,(H2,21,26)/t12-/m1/s1. The third-order valence-electron chi connectivity index (χ3n) is 5.10. The van der Waals surface area contributed by atoms with E-state index >= 15 is 0 Å². The molecule has 3 aromatic rings. The van der Waals surface area contributed by atoms with E-state index in [2.05, 4.69) is 22.1 Å². The summed E-state index contributed by atoms with van der Waals surface area (Å²) >= 11 is 0. The average Bonchev–Trinajstić information content (AvgIpc) is 3.39. The average molecular weight is 414 g/mol. The molecule has 1 aliphatic rings. The quantitative estimate of drug-likeness (QED) is 0.550. The Hall–Kier alpha value is -3.07. The van der Waals surface area contributed by atoms with Crippen molar-refractivity contribution in [1.29, 1.82) is 0 Å². The molecule has 4 N–H and O–H groups in total. The Labute approximate surface area is 169 Å². The van der Waals surface area contributed by atoms with Crippen molar-refractivity contribution < 1.29 is 13.2 Å². The maximum Gasteiger partial charge on any atom is 0.252 e. The molecule has 0 aliphatic heterocycles. The molecule has 1 fully saturated rings. The van der Waals surface area contributed by atoms with E-state index in [1.807, 2.05) is 18.3 Å². The molecule has 2 aromatic heterocycles. The van der Waals surface area contributed by atoms with Crippen LogP contribution in [0.1, 0.15) is 30.1 Å². The van der Waals surface area contributed by atoms with Gasteiger partial charge in [-0.1, -0.05) is 12.1 Å². The number of carbonyl (C=O) groups is 1. The van der Waals surface area contributed by atoms with Gasteiger partial charge in [0.25, 0.3) is 5.91 Å². The van der Waals surface area contributed by atoms with Crippen molar-refractivity contribution in [1.82, 2.24) is 9.61 Å². The number of nitrogens with zero attached hydrogens (tertiary/aromatic N) is 2. The molecule has 1 saturated carbocycles. The molecule has 0 spiro atoms. The lowest BCUT2D eigenvalue weighted by atomic mass is 10.1. The van der Waals surface area contributed by atoms with Gasteiger partial charge in [0.2, 0.25) is 10.0 Å². The minimum Gasteiger partial charge on any atom is -0.380 e. The number of hydrogen-bond donors (Lipinski definition) is 3. The fourth-order valence-electron chi connectivity index (χ4n) is 3.47. The zero-order chi connectivity index (χ0) is 20.8. The molecule has 0 saturated heterocycles. The second kappa shape index (κ2) is 7.07. The summed E-state index contributed by atoms with van der Waals surface area (Å²) in [6.45, 7) is 2.10. The predicted octanol–water partition coefficient (Wildman–Crippen LogP) is 2.68. The Kier molecular flexibility index (Phi) is 4.70. The Morgan fingerprint density at radius 1 is 1.28 bits per heavy atom. The van der Waals surface area contributed by atoms with Gasteiger partial charge < -0.3 is 11.1 Å². The minimum atomic E-state index is -3.37. The maximum atomic E-state index is 12.0. The summed E-state index contributed by atoms with van der Waals surface area (Å²) in [5.41, 5.74) is 9.49. The van der Waals surface area contributed by atoms with Gasteiger partial charge in [0.05, 0.1) is 29.2 Å². The van der Waals surface area contributed by atoms with Crippen LogP contribution in [0.5, 0.6) is 0 Å². The van der Waals surface area contributed by atoms with Crippen LogP contribution >= 0.6 is 0 Å². The Balaban J connectivity index is 1.77. The van der Waals surface area contributed by atoms with Crippen molar-refractivity contribution in [2.24, 2.45) is 11.7 Å². The highest BCUT2D eigenvalue weighted by atomic mass is 32.2. The largest absolute Gasteiger partial charge is 0.380 e. The lowest BCUT2D eigenvalue weighted by Crippen LogP contribution is -2.22. The monoisotopic (exact) mass is 413 g/mol. The number of aromatic nitrogens is 2. The number of nitrogens with two attached hydrogens (primary N) is 1. The summed E-state index contributed by atoms with van der Waals surface area (Å²) in [4.78, 5) is 12.0. The number of primary amides is 1. The molecule has 29 heavy (non-hydrogen) atoms. The highest BCUT2D eigenvalue weighted by molar-refractivity contribution is 7.92. The van der Waals surface area contributed by atoms with Gasteiger partial charge in [0, 0.05) is 23.5 Å². The van der Waals surface area contributed by atoms with Gasteiger partial charge in [-0.15, -0.1) is 0 Å². The van der Waals surface area contributed by atoms with Gasteiger partial charge in [-0.3, -0.25) is 9.52 Å². The van der Waals surface area contributed by atoms with Crippen LogP contribution in [0, 0.1) is 5.92 Å². The van der Waals surface area contributed by atoms with Crippen LogP contribution in [0.15, 0.2) is 42.7 Å². The zero-order valence-corrected chi connectivity index (χ0v) is 17.0. The summed E-state index contributed by atoms with van der Waals surface area (Å²) in [5, 5.41) is 7.77. The molecule has 0 unspecified atom stereocenters. The first kappa shape index (κ1) is 19.3. The molecule has 1 aromatic carbocycles. The van der Waals surface area contributed by atoms with E-state index < -0.39 is 15.9 Å². The lowest BCUT2D eigenvalue weighted by molar-refractivity contribution is 0.100. The number of benzene rings is 1. The van der Waals surface area contributed by atoms with E-state index in [4.69, 9.17) is 5.73 Å². The SMILES string of the molecule is C[C@@H](Nc1c(C(N)=O)cnn2cc(-c3cccc(NS(C)(=O)=O)c3)cc12)C1CC1. The molecule has 9 heteroatoms. The third-order valence-corrected chi connectivity index (χ3v) is 5.71. The number of nitrogens with one attached hydrogen (secondary N) is 2. The van der Waals surface area contributed by atoms with E-state index in [1.165, 1.54) is 19.0 Å². The van der Waals surface area contributed by atoms with Crippen LogP contribution in [0.3, 0.4) is 0 Å². The van der Waals surface area contributed by atoms with Gasteiger partial charge in [0.15, 0.2) is 0 Å². The fraction of sp³-hybridized carbons (Fsp3) is 0.300. The first-order chi connectivity index (χ1) is 13.7. The summed E-state index contributed by atoms with van der Waals surface area (Å²) in [7, 11) is -3.37. The molecule has 0 bridgehead atoms. The molecule has 0 radical (unpaired) electrons. The van der Waals surface area contributed by atoms with Crippen LogP contribution < -0.4 is 15.8 Å². The Bertz CT molecular complexity index is 1200.